The van der Waals surface area contributed by atoms with Gasteiger partial charge in [-0.1, -0.05) is 109 Å². The van der Waals surface area contributed by atoms with E-state index in [0.717, 1.165) is 32.1 Å². The molecular weight excluding hydrogens is 546 g/mol. The summed E-state index contributed by atoms with van der Waals surface area (Å²) in [5, 5.41) is 6.91. The highest BCUT2D eigenvalue weighted by molar-refractivity contribution is 5.73. The largest absolute Gasteiger partial charge is 0.394 e. The summed E-state index contributed by atoms with van der Waals surface area (Å²) in [6.45, 7) is 0. The van der Waals surface area contributed by atoms with Gasteiger partial charge in [-0.05, 0) is 102 Å². The third-order valence-electron chi connectivity index (χ3n) is 9.29. The number of benzene rings is 3. The predicted molar refractivity (Wildman–Crippen MR) is 190 cm³/mol. The predicted octanol–water partition coefficient (Wildman–Crippen LogP) is 9.19. The highest BCUT2D eigenvalue weighted by atomic mass is 15.2. The van der Waals surface area contributed by atoms with Gasteiger partial charge in [0, 0.05) is 29.7 Å². The minimum atomic E-state index is 0.337. The lowest BCUT2D eigenvalue weighted by atomic mass is 9.89. The number of nitrogens with zero attached hydrogens (tertiary/aromatic N) is 1. The third kappa shape index (κ3) is 6.17. The topological polar surface area (TPSA) is 27.3 Å². The molecule has 3 aromatic carbocycles. The van der Waals surface area contributed by atoms with E-state index in [2.05, 4.69) is 149 Å². The molecule has 3 nitrogen and oxygen atoms in total. The van der Waals surface area contributed by atoms with Crippen molar-refractivity contribution in [3.8, 4) is 11.1 Å². The van der Waals surface area contributed by atoms with Crippen molar-refractivity contribution in [2.45, 2.75) is 44.2 Å². The van der Waals surface area contributed by atoms with Crippen LogP contribution >= 0.6 is 0 Å². The Morgan fingerprint density at radius 2 is 1.53 bits per heavy atom. The molecule has 1 aliphatic heterocycles. The molecule has 0 bridgehead atoms. The van der Waals surface area contributed by atoms with Crippen LogP contribution in [0.25, 0.3) is 16.7 Å². The number of fused-ring (bicyclic) bond motifs is 3. The quantitative estimate of drug-likeness (QED) is 0.245. The highest BCUT2D eigenvalue weighted by Gasteiger charge is 2.43. The Kier molecular flexibility index (Phi) is 8.50. The molecule has 0 spiro atoms. The molecule has 1 saturated heterocycles. The molecule has 2 atom stereocenters. The Balaban J connectivity index is 1.10. The molecule has 2 N–H and O–H groups in total. The van der Waals surface area contributed by atoms with Gasteiger partial charge in [0.1, 0.15) is 0 Å². The van der Waals surface area contributed by atoms with Crippen molar-refractivity contribution in [2.75, 3.05) is 11.9 Å². The maximum atomic E-state index is 3.88. The fourth-order valence-corrected chi connectivity index (χ4v) is 7.04. The van der Waals surface area contributed by atoms with E-state index in [-0.39, 0.29) is 0 Å². The number of allylic oxidation sites excluding steroid dienone is 10. The molecule has 3 aromatic rings. The van der Waals surface area contributed by atoms with Crippen molar-refractivity contribution in [1.82, 2.24) is 10.6 Å². The first kappa shape index (κ1) is 28.7. The summed E-state index contributed by atoms with van der Waals surface area (Å²) in [5.74, 6) is 0. The summed E-state index contributed by atoms with van der Waals surface area (Å²) in [4.78, 5) is 2.66. The molecule has 1 fully saturated rings. The van der Waals surface area contributed by atoms with E-state index < -0.39 is 0 Å². The third-order valence-corrected chi connectivity index (χ3v) is 9.29. The average Bonchev–Trinajstić information content (AvgIpc) is 3.45. The molecule has 2 unspecified atom stereocenters. The lowest BCUT2D eigenvalue weighted by molar-refractivity contribution is 0.656. The van der Waals surface area contributed by atoms with Gasteiger partial charge in [0.15, 0.2) is 0 Å². The summed E-state index contributed by atoms with van der Waals surface area (Å²) in [6.07, 6.45) is 29.5. The molecule has 7 rings (SSSR count). The van der Waals surface area contributed by atoms with Gasteiger partial charge < -0.3 is 15.5 Å². The summed E-state index contributed by atoms with van der Waals surface area (Å²) in [6, 6.07) is 29.5. The number of hydrogen-bond acceptors (Lipinski definition) is 3. The van der Waals surface area contributed by atoms with Crippen molar-refractivity contribution < 1.29 is 0 Å². The zero-order valence-electron chi connectivity index (χ0n) is 26.0. The van der Waals surface area contributed by atoms with Gasteiger partial charge in [-0.15, -0.1) is 0 Å². The van der Waals surface area contributed by atoms with Gasteiger partial charge in [0.05, 0.1) is 12.1 Å². The van der Waals surface area contributed by atoms with Crippen LogP contribution in [0, 0.1) is 0 Å². The van der Waals surface area contributed by atoms with Crippen LogP contribution in [0.15, 0.2) is 168 Å². The molecule has 0 saturated carbocycles. The molecule has 45 heavy (non-hydrogen) atoms. The number of anilines is 1. The first-order valence-corrected chi connectivity index (χ1v) is 16.2. The van der Waals surface area contributed by atoms with Gasteiger partial charge in [-0.25, -0.2) is 0 Å². The maximum Gasteiger partial charge on any atom is 0.0607 e. The molecule has 0 amide bonds. The van der Waals surface area contributed by atoms with Crippen molar-refractivity contribution in [2.24, 2.45) is 0 Å². The zero-order chi connectivity index (χ0) is 30.4. The first-order valence-electron chi connectivity index (χ1n) is 16.2. The number of nitrogens with one attached hydrogen (secondary N) is 2. The Labute approximate surface area is 268 Å². The van der Waals surface area contributed by atoms with E-state index in [1.807, 2.05) is 19.3 Å². The molecular formula is C42H41N3. The monoisotopic (exact) mass is 587 g/mol. The van der Waals surface area contributed by atoms with Crippen LogP contribution in [0.5, 0.6) is 0 Å². The minimum Gasteiger partial charge on any atom is -0.394 e. The van der Waals surface area contributed by atoms with Crippen LogP contribution in [0.4, 0.5) is 5.69 Å². The van der Waals surface area contributed by atoms with Crippen LogP contribution in [0.1, 0.15) is 36.8 Å². The summed E-state index contributed by atoms with van der Waals surface area (Å²) in [5.41, 5.74) is 13.3. The van der Waals surface area contributed by atoms with Gasteiger partial charge >= 0.3 is 0 Å². The van der Waals surface area contributed by atoms with Crippen molar-refractivity contribution >= 4 is 11.3 Å². The second kappa shape index (κ2) is 13.3. The van der Waals surface area contributed by atoms with Crippen LogP contribution in [0.2, 0.25) is 0 Å². The standard InChI is InChI=1S/C42H41N3/c1-43-30-9-3-4-11-31-18-28-37(29-19-31)45-40-16-8-7-14-38(40)42-39(15-10-17-41(42)45)44-36-26-24-35(25-27-36)34-22-20-33(21-23-34)32-12-5-2-6-13-32/h2-10,12-15,18-24,26,28-30,40-41,43-44H,11,16-17,25,27H2,1H3/b4-3-,30-9-. The molecule has 0 aromatic heterocycles. The van der Waals surface area contributed by atoms with E-state index in [0.29, 0.717) is 12.1 Å². The van der Waals surface area contributed by atoms with E-state index >= 15 is 0 Å². The van der Waals surface area contributed by atoms with E-state index in [1.54, 1.807) is 0 Å². The number of hydrogen-bond donors (Lipinski definition) is 2. The van der Waals surface area contributed by atoms with Gasteiger partial charge in [0.2, 0.25) is 0 Å². The minimum absolute atomic E-state index is 0.337. The van der Waals surface area contributed by atoms with Gasteiger partial charge in [0.25, 0.3) is 0 Å². The van der Waals surface area contributed by atoms with Gasteiger partial charge in [-0.3, -0.25) is 0 Å². The van der Waals surface area contributed by atoms with Crippen LogP contribution in [0.3, 0.4) is 0 Å². The fourth-order valence-electron chi connectivity index (χ4n) is 7.04. The molecule has 224 valence electrons. The maximum absolute atomic E-state index is 3.88. The lowest BCUT2D eigenvalue weighted by Gasteiger charge is -2.33. The van der Waals surface area contributed by atoms with Crippen molar-refractivity contribution in [3.05, 3.63) is 179 Å². The van der Waals surface area contributed by atoms with E-state index in [4.69, 9.17) is 0 Å². The summed E-state index contributed by atoms with van der Waals surface area (Å²) < 4.78 is 0. The smallest absolute Gasteiger partial charge is 0.0607 e. The SMILES string of the molecule is CN/C=C\C=C/Cc1ccc(N2C3CC=CC=C3C3=C(NC4=CC=C(c5ccc(-c6ccccc6)cc5)CC4)C=CCC32)cc1. The molecule has 3 heteroatoms. The first-order chi connectivity index (χ1) is 22.3. The van der Waals surface area contributed by atoms with Crippen LogP contribution in [-0.2, 0) is 6.42 Å². The van der Waals surface area contributed by atoms with Crippen LogP contribution < -0.4 is 15.5 Å². The Bertz CT molecular complexity index is 1760. The molecule has 4 aliphatic rings. The van der Waals surface area contributed by atoms with Crippen molar-refractivity contribution in [1.29, 1.82) is 0 Å². The lowest BCUT2D eigenvalue weighted by Crippen LogP contribution is -2.37. The van der Waals surface area contributed by atoms with E-state index in [1.165, 1.54) is 56.1 Å². The molecule has 1 heterocycles. The Morgan fingerprint density at radius 3 is 2.31 bits per heavy atom. The second-order valence-electron chi connectivity index (χ2n) is 12.1. The van der Waals surface area contributed by atoms with Crippen LogP contribution in [-0.4, -0.2) is 19.1 Å². The fraction of sp³-hybridized carbons (Fsp3) is 0.190. The van der Waals surface area contributed by atoms with E-state index in [9.17, 15) is 0 Å². The average molecular weight is 588 g/mol. The number of rotatable bonds is 9. The molecule has 0 radical (unpaired) electrons. The summed E-state index contributed by atoms with van der Waals surface area (Å²) >= 11 is 0. The normalized spacial score (nSPS) is 20.6. The Hall–Kier alpha value is -5.02. The summed E-state index contributed by atoms with van der Waals surface area (Å²) in [7, 11) is 1.92. The zero-order valence-corrected chi connectivity index (χ0v) is 26.0. The molecule has 3 aliphatic carbocycles. The Morgan fingerprint density at radius 1 is 0.756 bits per heavy atom. The van der Waals surface area contributed by atoms with Crippen molar-refractivity contribution in [3.63, 3.8) is 0 Å². The highest BCUT2D eigenvalue weighted by Crippen LogP contribution is 2.45. The van der Waals surface area contributed by atoms with Gasteiger partial charge in [-0.2, -0.15) is 0 Å². The second-order valence-corrected chi connectivity index (χ2v) is 12.1.